The highest BCUT2D eigenvalue weighted by Crippen LogP contribution is 2.39. The Kier molecular flexibility index (Phi) is 17.2. The molecule has 0 aromatic heterocycles. The van der Waals surface area contributed by atoms with E-state index in [0.717, 1.165) is 5.57 Å². The Bertz CT molecular complexity index is 1480. The van der Waals surface area contributed by atoms with Crippen LogP contribution in [0.5, 0.6) is 0 Å². The predicted octanol–water partition coefficient (Wildman–Crippen LogP) is 4.64. The SMILES string of the molecule is C=CCC1CCN2C(=O)C(=O)C3(O)OC(C(OC)CC(C)CC(C)=CCC(=O)CC(O)C(C)C(C(C)=CC4CCC(O)C(OC)C4)OC(=O)C2C1)C(OC)CC3C. The van der Waals surface area contributed by atoms with Crippen LogP contribution >= 0.6 is 0 Å². The van der Waals surface area contributed by atoms with E-state index in [4.69, 9.17) is 23.7 Å². The number of hydrogen-bond acceptors (Lipinski definition) is 12. The number of aliphatic hydroxyl groups is 3. The number of aliphatic hydroxyl groups excluding tert-OH is 2. The van der Waals surface area contributed by atoms with Gasteiger partial charge in [0.15, 0.2) is 0 Å². The molecule has 2 saturated heterocycles. The summed E-state index contributed by atoms with van der Waals surface area (Å²) in [6.07, 6.45) is 4.70. The molecule has 3 fully saturated rings. The topological polar surface area (TPSA) is 178 Å². The molecule has 0 radical (unpaired) electrons. The molecule has 3 heterocycles. The number of allylic oxidation sites excluding steroid dienone is 4. The smallest absolute Gasteiger partial charge is 0.329 e. The molecule has 1 saturated carbocycles. The second-order valence-electron chi connectivity index (χ2n) is 17.4. The van der Waals surface area contributed by atoms with Crippen molar-refractivity contribution >= 4 is 23.4 Å². The number of piperidine rings is 1. The summed E-state index contributed by atoms with van der Waals surface area (Å²) in [7, 11) is 4.61. The van der Waals surface area contributed by atoms with Gasteiger partial charge in [0.25, 0.3) is 11.7 Å². The summed E-state index contributed by atoms with van der Waals surface area (Å²) in [6.45, 7) is 13.1. The van der Waals surface area contributed by atoms with Crippen LogP contribution in [0.1, 0.15) is 105 Å². The zero-order chi connectivity index (χ0) is 42.2. The Morgan fingerprint density at radius 3 is 2.25 bits per heavy atom. The molecule has 3 aliphatic heterocycles. The van der Waals surface area contributed by atoms with E-state index >= 15 is 0 Å². The van der Waals surface area contributed by atoms with E-state index in [0.29, 0.717) is 50.5 Å². The number of esters is 1. The Labute approximate surface area is 339 Å². The fourth-order valence-electron chi connectivity index (χ4n) is 9.41. The molecule has 14 atom stereocenters. The van der Waals surface area contributed by atoms with E-state index in [9.17, 15) is 34.5 Å². The lowest BCUT2D eigenvalue weighted by Gasteiger charge is -2.47. The second-order valence-corrected chi connectivity index (χ2v) is 17.4. The van der Waals surface area contributed by atoms with Gasteiger partial charge in [0.2, 0.25) is 5.79 Å². The third-order valence-electron chi connectivity index (χ3n) is 13.0. The molecule has 14 unspecified atom stereocenters. The first kappa shape index (κ1) is 46.9. The van der Waals surface area contributed by atoms with Crippen LogP contribution in [0.15, 0.2) is 36.0 Å². The molecule has 3 N–H and O–H groups in total. The normalized spacial score (nSPS) is 40.1. The van der Waals surface area contributed by atoms with Crippen molar-refractivity contribution in [3.8, 4) is 0 Å². The Balaban J connectivity index is 1.77. The van der Waals surface area contributed by atoms with Crippen molar-refractivity contribution in [3.63, 3.8) is 0 Å². The summed E-state index contributed by atoms with van der Waals surface area (Å²) in [5, 5.41) is 34.0. The maximum atomic E-state index is 14.5. The number of ether oxygens (including phenoxy) is 5. The van der Waals surface area contributed by atoms with Gasteiger partial charge < -0.3 is 43.9 Å². The molecule has 0 aromatic rings. The number of hydrogen-bond donors (Lipinski definition) is 3. The zero-order valence-corrected chi connectivity index (χ0v) is 35.4. The van der Waals surface area contributed by atoms with Crippen LogP contribution < -0.4 is 0 Å². The maximum Gasteiger partial charge on any atom is 0.329 e. The number of cyclic esters (lactones) is 1. The number of ketones is 2. The van der Waals surface area contributed by atoms with Gasteiger partial charge in [0.1, 0.15) is 24.0 Å². The number of nitrogens with zero attached hydrogens (tertiary/aromatic N) is 1. The molecular weight excluding hydrogens is 734 g/mol. The van der Waals surface area contributed by atoms with Crippen molar-refractivity contribution < 1.29 is 58.2 Å². The number of fused-ring (bicyclic) bond motifs is 3. The first-order valence-corrected chi connectivity index (χ1v) is 20.8. The molecule has 0 aromatic carbocycles. The first-order chi connectivity index (χ1) is 27.0. The standard InChI is InChI=1S/C44H69NO12/c1-10-11-30-16-17-45-33(22-30)43(51)56-39(27(4)20-31-13-15-34(47)36(23-31)53-7)29(6)35(48)24-32(46)14-12-25(2)18-26(3)19-37(54-8)40-38(55-9)21-28(5)44(52,57-40)41(49)42(45)50/h10,12,20,26,28-31,33-40,47-48,52H,1,11,13-19,21-24H2,2-9H3. The summed E-state index contributed by atoms with van der Waals surface area (Å²) in [5.41, 5.74) is 1.63. The van der Waals surface area contributed by atoms with Gasteiger partial charge >= 0.3 is 5.97 Å². The predicted molar refractivity (Wildman–Crippen MR) is 213 cm³/mol. The molecule has 1 aliphatic carbocycles. The second kappa shape index (κ2) is 21.0. The Morgan fingerprint density at radius 1 is 0.930 bits per heavy atom. The Hall–Kier alpha value is -2.78. The highest BCUT2D eigenvalue weighted by molar-refractivity contribution is 6.39. The largest absolute Gasteiger partial charge is 0.456 e. The van der Waals surface area contributed by atoms with Crippen LogP contribution in [-0.2, 0) is 42.9 Å². The van der Waals surface area contributed by atoms with Gasteiger partial charge in [-0.25, -0.2) is 4.79 Å². The van der Waals surface area contributed by atoms with E-state index in [1.165, 1.54) is 19.1 Å². The lowest BCUT2D eigenvalue weighted by atomic mass is 9.81. The van der Waals surface area contributed by atoms with Crippen molar-refractivity contribution in [2.24, 2.45) is 29.6 Å². The van der Waals surface area contributed by atoms with Crippen molar-refractivity contribution in [1.82, 2.24) is 4.90 Å². The number of methoxy groups -OCH3 is 3. The number of rotatable bonds is 7. The van der Waals surface area contributed by atoms with Crippen LogP contribution in [-0.4, -0.2) is 126 Å². The average molecular weight is 804 g/mol. The fourth-order valence-corrected chi connectivity index (χ4v) is 9.41. The fraction of sp³-hybridized carbons (Fsp3) is 0.773. The van der Waals surface area contributed by atoms with Gasteiger partial charge in [0.05, 0.1) is 30.5 Å². The number of carbonyl (C=O) groups is 4. The first-order valence-electron chi connectivity index (χ1n) is 20.8. The van der Waals surface area contributed by atoms with E-state index in [2.05, 4.69) is 6.58 Å². The van der Waals surface area contributed by atoms with Crippen LogP contribution in [0, 0.1) is 29.6 Å². The molecule has 4 aliphatic rings. The third kappa shape index (κ3) is 11.5. The van der Waals surface area contributed by atoms with Gasteiger partial charge in [-0.3, -0.25) is 14.4 Å². The lowest BCUT2D eigenvalue weighted by Crippen LogP contribution is -2.64. The van der Waals surface area contributed by atoms with E-state index in [1.807, 2.05) is 32.9 Å². The zero-order valence-electron chi connectivity index (χ0n) is 35.4. The van der Waals surface area contributed by atoms with Crippen molar-refractivity contribution in [3.05, 3.63) is 36.0 Å². The minimum absolute atomic E-state index is 0.0107. The molecule has 13 nitrogen and oxygen atoms in total. The van der Waals surface area contributed by atoms with Gasteiger partial charge in [0, 0.05) is 52.6 Å². The molecule has 57 heavy (non-hydrogen) atoms. The van der Waals surface area contributed by atoms with E-state index in [1.54, 1.807) is 27.0 Å². The molecule has 4 rings (SSSR count). The van der Waals surface area contributed by atoms with Crippen LogP contribution in [0.25, 0.3) is 0 Å². The van der Waals surface area contributed by atoms with E-state index in [-0.39, 0.29) is 61.9 Å². The summed E-state index contributed by atoms with van der Waals surface area (Å²) in [6, 6.07) is -1.19. The van der Waals surface area contributed by atoms with Crippen molar-refractivity contribution in [2.75, 3.05) is 27.9 Å². The molecule has 2 bridgehead atoms. The summed E-state index contributed by atoms with van der Waals surface area (Å²) < 4.78 is 29.8. The van der Waals surface area contributed by atoms with Crippen molar-refractivity contribution in [2.45, 2.75) is 160 Å². The van der Waals surface area contributed by atoms with Crippen LogP contribution in [0.3, 0.4) is 0 Å². The van der Waals surface area contributed by atoms with Gasteiger partial charge in [-0.15, -0.1) is 6.58 Å². The van der Waals surface area contributed by atoms with Gasteiger partial charge in [-0.2, -0.15) is 0 Å². The molecule has 0 spiro atoms. The van der Waals surface area contributed by atoms with Crippen LogP contribution in [0.4, 0.5) is 0 Å². The quantitative estimate of drug-likeness (QED) is 0.185. The number of Topliss-reactive ketones (excluding diaryl/α,β-unsaturated/α-hetero) is 2. The summed E-state index contributed by atoms with van der Waals surface area (Å²) >= 11 is 0. The molecule has 13 heteroatoms. The molecule has 1 amide bonds. The van der Waals surface area contributed by atoms with E-state index < -0.39 is 77.9 Å². The monoisotopic (exact) mass is 803 g/mol. The summed E-state index contributed by atoms with van der Waals surface area (Å²) in [5.74, 6) is -7.26. The minimum Gasteiger partial charge on any atom is -0.456 e. The highest BCUT2D eigenvalue weighted by Gasteiger charge is 2.57. The van der Waals surface area contributed by atoms with Gasteiger partial charge in [-0.1, -0.05) is 44.6 Å². The number of amides is 1. The lowest BCUT2D eigenvalue weighted by molar-refractivity contribution is -0.302. The number of carbonyl (C=O) groups excluding carboxylic acids is 4. The summed E-state index contributed by atoms with van der Waals surface area (Å²) in [4.78, 5) is 57.7. The van der Waals surface area contributed by atoms with Gasteiger partial charge in [-0.05, 0) is 95.0 Å². The Morgan fingerprint density at radius 2 is 1.60 bits per heavy atom. The maximum absolute atomic E-state index is 14.5. The third-order valence-corrected chi connectivity index (χ3v) is 13.0. The van der Waals surface area contributed by atoms with Crippen LogP contribution in [0.2, 0.25) is 0 Å². The molecular formula is C44H69NO12. The highest BCUT2D eigenvalue weighted by atomic mass is 16.7. The molecule has 322 valence electrons. The van der Waals surface area contributed by atoms with Crippen molar-refractivity contribution in [1.29, 1.82) is 0 Å². The minimum atomic E-state index is -2.52. The average Bonchev–Trinajstić information content (AvgIpc) is 3.18.